The number of ether oxygens (including phenoxy) is 1. The molecule has 0 bridgehead atoms. The highest BCUT2D eigenvalue weighted by atomic mass is 79.9. The Hall–Kier alpha value is -1.74. The Balaban J connectivity index is 1.78. The lowest BCUT2D eigenvalue weighted by atomic mass is 10.1. The predicted molar refractivity (Wildman–Crippen MR) is 114 cm³/mol. The van der Waals surface area contributed by atoms with Crippen molar-refractivity contribution in [2.24, 2.45) is 0 Å². The van der Waals surface area contributed by atoms with Gasteiger partial charge in [-0.3, -0.25) is 4.79 Å². The van der Waals surface area contributed by atoms with Gasteiger partial charge in [0.2, 0.25) is 0 Å². The van der Waals surface area contributed by atoms with Crippen LogP contribution in [0.15, 0.2) is 39.3 Å². The van der Waals surface area contributed by atoms with E-state index in [0.29, 0.717) is 15.9 Å². The molecule has 2 aromatic carbocycles. The fraction of sp³-hybridized carbons (Fsp3) is 0.350. The van der Waals surface area contributed by atoms with Crippen molar-refractivity contribution in [1.29, 1.82) is 0 Å². The van der Waals surface area contributed by atoms with Gasteiger partial charge in [-0.1, -0.05) is 15.9 Å². The lowest BCUT2D eigenvalue weighted by Crippen LogP contribution is -2.24. The normalized spacial score (nSPS) is 14.2. The zero-order valence-corrected chi connectivity index (χ0v) is 18.7. The van der Waals surface area contributed by atoms with E-state index in [2.05, 4.69) is 37.2 Å². The SMILES string of the molecule is Cc1cc(Br)cc(Br)c1OCC(=O)Nc1cc(C(F)(F)F)ccc1N1CCCC1. The molecule has 1 fully saturated rings. The van der Waals surface area contributed by atoms with Crippen LogP contribution < -0.4 is 15.0 Å². The summed E-state index contributed by atoms with van der Waals surface area (Å²) in [5.41, 5.74) is 0.741. The molecule has 0 spiro atoms. The molecule has 4 nitrogen and oxygen atoms in total. The van der Waals surface area contributed by atoms with Crippen molar-refractivity contribution in [3.8, 4) is 5.75 Å². The minimum Gasteiger partial charge on any atom is -0.482 e. The Bertz CT molecular complexity index is 890. The fourth-order valence-electron chi connectivity index (χ4n) is 3.24. The van der Waals surface area contributed by atoms with Crippen LogP contribution in [-0.2, 0) is 11.0 Å². The summed E-state index contributed by atoms with van der Waals surface area (Å²) in [6.07, 6.45) is -2.55. The van der Waals surface area contributed by atoms with E-state index in [4.69, 9.17) is 4.74 Å². The number of carbonyl (C=O) groups is 1. The van der Waals surface area contributed by atoms with Crippen LogP contribution in [0.5, 0.6) is 5.75 Å². The summed E-state index contributed by atoms with van der Waals surface area (Å²) in [5.74, 6) is -0.0221. The van der Waals surface area contributed by atoms with Gasteiger partial charge in [-0.2, -0.15) is 13.2 Å². The van der Waals surface area contributed by atoms with Gasteiger partial charge in [0.15, 0.2) is 6.61 Å². The lowest BCUT2D eigenvalue weighted by Gasteiger charge is -2.23. The smallest absolute Gasteiger partial charge is 0.416 e. The van der Waals surface area contributed by atoms with Gasteiger partial charge in [-0.15, -0.1) is 0 Å². The Morgan fingerprint density at radius 2 is 1.86 bits per heavy atom. The number of benzene rings is 2. The zero-order valence-electron chi connectivity index (χ0n) is 15.6. The summed E-state index contributed by atoms with van der Waals surface area (Å²) < 4.78 is 46.6. The molecule has 156 valence electrons. The van der Waals surface area contributed by atoms with Crippen molar-refractivity contribution in [2.45, 2.75) is 25.9 Å². The summed E-state index contributed by atoms with van der Waals surface area (Å²) in [6.45, 7) is 3.00. The third kappa shape index (κ3) is 5.45. The molecule has 1 aliphatic rings. The minimum absolute atomic E-state index is 0.141. The number of amides is 1. The van der Waals surface area contributed by atoms with Crippen molar-refractivity contribution in [1.82, 2.24) is 0 Å². The average Bonchev–Trinajstić information content (AvgIpc) is 3.14. The lowest BCUT2D eigenvalue weighted by molar-refractivity contribution is -0.137. The van der Waals surface area contributed by atoms with E-state index in [1.54, 1.807) is 6.07 Å². The molecule has 0 aromatic heterocycles. The molecule has 0 unspecified atom stereocenters. The topological polar surface area (TPSA) is 41.6 Å². The zero-order chi connectivity index (χ0) is 21.2. The number of nitrogens with one attached hydrogen (secondary N) is 1. The maximum atomic E-state index is 13.1. The number of halogens is 5. The number of rotatable bonds is 5. The number of alkyl halides is 3. The molecule has 0 radical (unpaired) electrons. The summed E-state index contributed by atoms with van der Waals surface area (Å²) >= 11 is 6.76. The molecule has 1 N–H and O–H groups in total. The minimum atomic E-state index is -4.49. The molecule has 1 heterocycles. The standard InChI is InChI=1S/C20H19Br2F3N2O2/c1-12-8-14(21)10-15(22)19(12)29-11-18(28)26-16-9-13(20(23,24)25)4-5-17(16)27-6-2-3-7-27/h4-5,8-10H,2-3,6-7,11H2,1H3,(H,26,28). The molecule has 3 rings (SSSR count). The van der Waals surface area contributed by atoms with Crippen LogP contribution in [0.4, 0.5) is 24.5 Å². The maximum Gasteiger partial charge on any atom is 0.416 e. The Kier molecular flexibility index (Phi) is 6.78. The first-order valence-corrected chi connectivity index (χ1v) is 10.6. The van der Waals surface area contributed by atoms with Gasteiger partial charge in [-0.05, 0) is 71.6 Å². The van der Waals surface area contributed by atoms with Crippen LogP contribution in [0.25, 0.3) is 0 Å². The second kappa shape index (κ2) is 8.95. The largest absolute Gasteiger partial charge is 0.482 e. The third-order valence-corrected chi connectivity index (χ3v) is 5.63. The third-order valence-electron chi connectivity index (χ3n) is 4.59. The molecule has 2 aromatic rings. The van der Waals surface area contributed by atoms with Crippen LogP contribution in [0.1, 0.15) is 24.0 Å². The number of hydrogen-bond donors (Lipinski definition) is 1. The van der Waals surface area contributed by atoms with Crippen LogP contribution in [0.3, 0.4) is 0 Å². The van der Waals surface area contributed by atoms with E-state index in [1.165, 1.54) is 6.07 Å². The number of hydrogen-bond acceptors (Lipinski definition) is 3. The average molecular weight is 536 g/mol. The number of carbonyl (C=O) groups excluding carboxylic acids is 1. The summed E-state index contributed by atoms with van der Waals surface area (Å²) in [6, 6.07) is 7.07. The van der Waals surface area contributed by atoms with Gasteiger partial charge < -0.3 is 15.0 Å². The molecule has 0 aliphatic carbocycles. The highest BCUT2D eigenvalue weighted by molar-refractivity contribution is 9.11. The Morgan fingerprint density at radius 1 is 1.17 bits per heavy atom. The second-order valence-electron chi connectivity index (χ2n) is 6.79. The van der Waals surface area contributed by atoms with E-state index in [-0.39, 0.29) is 12.3 Å². The maximum absolute atomic E-state index is 13.1. The van der Waals surface area contributed by atoms with E-state index >= 15 is 0 Å². The first kappa shape index (κ1) is 22.0. The Labute approximate surface area is 183 Å². The monoisotopic (exact) mass is 534 g/mol. The number of nitrogens with zero attached hydrogens (tertiary/aromatic N) is 1. The molecule has 0 atom stereocenters. The van der Waals surface area contributed by atoms with Crippen molar-refractivity contribution in [3.63, 3.8) is 0 Å². The highest BCUT2D eigenvalue weighted by Crippen LogP contribution is 2.37. The molecule has 1 amide bonds. The van der Waals surface area contributed by atoms with Gasteiger partial charge in [0.25, 0.3) is 5.91 Å². The Morgan fingerprint density at radius 3 is 2.48 bits per heavy atom. The van der Waals surface area contributed by atoms with Crippen LogP contribution in [0.2, 0.25) is 0 Å². The summed E-state index contributed by atoms with van der Waals surface area (Å²) in [7, 11) is 0. The van der Waals surface area contributed by atoms with Gasteiger partial charge in [-0.25, -0.2) is 0 Å². The van der Waals surface area contributed by atoms with Crippen LogP contribution >= 0.6 is 31.9 Å². The van der Waals surface area contributed by atoms with Crippen molar-refractivity contribution < 1.29 is 22.7 Å². The van der Waals surface area contributed by atoms with E-state index < -0.39 is 17.6 Å². The van der Waals surface area contributed by atoms with E-state index in [0.717, 1.165) is 48.1 Å². The van der Waals surface area contributed by atoms with Gasteiger partial charge >= 0.3 is 6.18 Å². The molecular weight excluding hydrogens is 517 g/mol. The molecule has 9 heteroatoms. The van der Waals surface area contributed by atoms with Gasteiger partial charge in [0.05, 0.1) is 21.4 Å². The first-order chi connectivity index (χ1) is 13.6. The van der Waals surface area contributed by atoms with Gasteiger partial charge in [0, 0.05) is 17.6 Å². The molecule has 29 heavy (non-hydrogen) atoms. The molecular formula is C20H19Br2F3N2O2. The number of anilines is 2. The van der Waals surface area contributed by atoms with Crippen molar-refractivity contribution >= 4 is 49.1 Å². The molecule has 0 saturated carbocycles. The summed E-state index contributed by atoms with van der Waals surface area (Å²) in [4.78, 5) is 14.4. The molecule has 1 saturated heterocycles. The van der Waals surface area contributed by atoms with E-state index in [1.807, 2.05) is 17.9 Å². The van der Waals surface area contributed by atoms with E-state index in [9.17, 15) is 18.0 Å². The fourth-order valence-corrected chi connectivity index (χ4v) is 4.80. The van der Waals surface area contributed by atoms with Gasteiger partial charge in [0.1, 0.15) is 5.75 Å². The van der Waals surface area contributed by atoms with Crippen molar-refractivity contribution in [2.75, 3.05) is 29.9 Å². The van der Waals surface area contributed by atoms with Crippen molar-refractivity contribution in [3.05, 3.63) is 50.4 Å². The highest BCUT2D eigenvalue weighted by Gasteiger charge is 2.32. The summed E-state index contributed by atoms with van der Waals surface area (Å²) in [5, 5.41) is 2.59. The van der Waals surface area contributed by atoms with Crippen LogP contribution in [-0.4, -0.2) is 25.6 Å². The molecule has 1 aliphatic heterocycles. The number of aryl methyl sites for hydroxylation is 1. The predicted octanol–water partition coefficient (Wildman–Crippen LogP) is 6.16. The van der Waals surface area contributed by atoms with Crippen LogP contribution in [0, 0.1) is 6.92 Å². The quantitative estimate of drug-likeness (QED) is 0.499. The second-order valence-corrected chi connectivity index (χ2v) is 8.56. The first-order valence-electron chi connectivity index (χ1n) is 8.99.